The zero-order valence-electron chi connectivity index (χ0n) is 10.8. The fourth-order valence-corrected chi connectivity index (χ4v) is 1.71. The first-order valence-electron chi connectivity index (χ1n) is 6.15. The summed E-state index contributed by atoms with van der Waals surface area (Å²) in [5.41, 5.74) is 7.60. The Bertz CT molecular complexity index is 505. The molecule has 4 nitrogen and oxygen atoms in total. The van der Waals surface area contributed by atoms with Gasteiger partial charge in [-0.2, -0.15) is 5.10 Å². The molecule has 0 bridgehead atoms. The molecule has 0 unspecified atom stereocenters. The highest BCUT2D eigenvalue weighted by Crippen LogP contribution is 2.18. The van der Waals surface area contributed by atoms with Gasteiger partial charge in [-0.15, -0.1) is 0 Å². The van der Waals surface area contributed by atoms with E-state index in [1.165, 1.54) is 0 Å². The van der Waals surface area contributed by atoms with Crippen LogP contribution in [0.3, 0.4) is 0 Å². The van der Waals surface area contributed by atoms with Crippen molar-refractivity contribution >= 4 is 0 Å². The first kappa shape index (κ1) is 12.6. The molecule has 0 atom stereocenters. The molecular formula is C14H19N3O. The fraction of sp³-hybridized carbons (Fsp3) is 0.357. The Hall–Kier alpha value is -1.81. The molecule has 4 heteroatoms. The molecular weight excluding hydrogens is 226 g/mol. The zero-order valence-corrected chi connectivity index (χ0v) is 10.8. The van der Waals surface area contributed by atoms with Crippen molar-refractivity contribution in [3.8, 4) is 5.75 Å². The van der Waals surface area contributed by atoms with Gasteiger partial charge in [0.15, 0.2) is 0 Å². The summed E-state index contributed by atoms with van der Waals surface area (Å²) in [6.07, 6.45) is 1.97. The number of rotatable bonds is 5. The third-order valence-corrected chi connectivity index (χ3v) is 2.76. The third-order valence-electron chi connectivity index (χ3n) is 2.76. The lowest BCUT2D eigenvalue weighted by Crippen LogP contribution is -2.05. The highest BCUT2D eigenvalue weighted by atomic mass is 16.5. The lowest BCUT2D eigenvalue weighted by molar-refractivity contribution is 0.295. The number of nitrogens with two attached hydrogens (primary N) is 1. The van der Waals surface area contributed by atoms with Crippen LogP contribution in [0, 0.1) is 0 Å². The van der Waals surface area contributed by atoms with Crippen molar-refractivity contribution in [1.29, 1.82) is 0 Å². The molecule has 1 heterocycles. The normalized spacial score (nSPS) is 10.9. The predicted molar refractivity (Wildman–Crippen MR) is 71.3 cm³/mol. The smallest absolute Gasteiger partial charge is 0.132 e. The van der Waals surface area contributed by atoms with Crippen LogP contribution in [0.2, 0.25) is 0 Å². The molecule has 0 aliphatic rings. The number of hydrogen-bond acceptors (Lipinski definition) is 3. The van der Waals surface area contributed by atoms with E-state index in [1.807, 2.05) is 41.2 Å². The van der Waals surface area contributed by atoms with E-state index in [1.54, 1.807) is 0 Å². The minimum Gasteiger partial charge on any atom is -0.487 e. The molecule has 2 rings (SSSR count). The molecule has 0 fully saturated rings. The van der Waals surface area contributed by atoms with Crippen LogP contribution in [0.25, 0.3) is 0 Å². The Morgan fingerprint density at radius 1 is 1.28 bits per heavy atom. The minimum atomic E-state index is 0.370. The fourth-order valence-electron chi connectivity index (χ4n) is 1.71. The van der Waals surface area contributed by atoms with E-state index < -0.39 is 0 Å². The van der Waals surface area contributed by atoms with E-state index in [9.17, 15) is 0 Å². The van der Waals surface area contributed by atoms with Gasteiger partial charge >= 0.3 is 0 Å². The van der Waals surface area contributed by atoms with Crippen LogP contribution >= 0.6 is 0 Å². The van der Waals surface area contributed by atoms with E-state index in [-0.39, 0.29) is 0 Å². The number of hydrogen-bond donors (Lipinski definition) is 1. The lowest BCUT2D eigenvalue weighted by atomic mass is 10.2. The molecule has 0 saturated heterocycles. The number of para-hydroxylation sites is 1. The highest BCUT2D eigenvalue weighted by Gasteiger charge is 2.05. The summed E-state index contributed by atoms with van der Waals surface area (Å²) in [5, 5.41) is 4.44. The van der Waals surface area contributed by atoms with Gasteiger partial charge in [-0.1, -0.05) is 18.2 Å². The molecule has 1 aromatic carbocycles. The van der Waals surface area contributed by atoms with E-state index in [2.05, 4.69) is 18.9 Å². The first-order chi connectivity index (χ1) is 8.70. The molecule has 0 radical (unpaired) electrons. The van der Waals surface area contributed by atoms with Crippen molar-refractivity contribution < 1.29 is 4.74 Å². The summed E-state index contributed by atoms with van der Waals surface area (Å²) >= 11 is 0. The number of benzene rings is 1. The average Bonchev–Trinajstić information content (AvgIpc) is 2.85. The van der Waals surface area contributed by atoms with Crippen LogP contribution in [-0.2, 0) is 13.2 Å². The van der Waals surface area contributed by atoms with Gasteiger partial charge < -0.3 is 10.5 Å². The summed E-state index contributed by atoms with van der Waals surface area (Å²) in [5.74, 6) is 0.832. The predicted octanol–water partition coefficient (Wildman–Crippen LogP) is 2.50. The van der Waals surface area contributed by atoms with Gasteiger partial charge in [0.25, 0.3) is 0 Å². The third kappa shape index (κ3) is 2.90. The van der Waals surface area contributed by atoms with Crippen LogP contribution in [0.1, 0.15) is 31.1 Å². The monoisotopic (exact) mass is 245 g/mol. The van der Waals surface area contributed by atoms with Gasteiger partial charge in [-0.3, -0.25) is 4.68 Å². The lowest BCUT2D eigenvalue weighted by Gasteiger charge is -2.09. The maximum Gasteiger partial charge on any atom is 0.132 e. The second kappa shape index (κ2) is 5.69. The molecule has 0 aliphatic carbocycles. The minimum absolute atomic E-state index is 0.370. The van der Waals surface area contributed by atoms with Gasteiger partial charge in [-0.25, -0.2) is 0 Å². The molecule has 0 aliphatic heterocycles. The maximum absolute atomic E-state index is 5.75. The van der Waals surface area contributed by atoms with Crippen LogP contribution < -0.4 is 10.5 Å². The molecule has 1 aromatic heterocycles. The number of nitrogens with zero attached hydrogens (tertiary/aromatic N) is 2. The molecule has 96 valence electrons. The molecule has 18 heavy (non-hydrogen) atoms. The van der Waals surface area contributed by atoms with Gasteiger partial charge in [0.2, 0.25) is 0 Å². The zero-order chi connectivity index (χ0) is 13.0. The molecule has 0 saturated carbocycles. The first-order valence-corrected chi connectivity index (χ1v) is 6.15. The highest BCUT2D eigenvalue weighted by molar-refractivity contribution is 5.33. The van der Waals surface area contributed by atoms with Crippen molar-refractivity contribution in [1.82, 2.24) is 9.78 Å². The van der Waals surface area contributed by atoms with Crippen LogP contribution in [-0.4, -0.2) is 9.78 Å². The van der Waals surface area contributed by atoms with E-state index in [0.29, 0.717) is 19.2 Å². The van der Waals surface area contributed by atoms with Crippen molar-refractivity contribution in [3.63, 3.8) is 0 Å². The summed E-state index contributed by atoms with van der Waals surface area (Å²) in [6, 6.07) is 10.2. The maximum atomic E-state index is 5.75. The number of aromatic nitrogens is 2. The molecule has 2 N–H and O–H groups in total. The summed E-state index contributed by atoms with van der Waals surface area (Å²) in [7, 11) is 0. The van der Waals surface area contributed by atoms with Gasteiger partial charge in [-0.05, 0) is 26.0 Å². The molecule has 2 aromatic rings. The van der Waals surface area contributed by atoms with Crippen molar-refractivity contribution in [3.05, 3.63) is 47.8 Å². The Balaban J connectivity index is 2.02. The summed E-state index contributed by atoms with van der Waals surface area (Å²) in [4.78, 5) is 0. The standard InChI is InChI=1S/C14H19N3O/c1-11(2)17-8-7-13(16-17)10-18-14-6-4-3-5-12(14)9-15/h3-8,11H,9-10,15H2,1-2H3. The second-order valence-electron chi connectivity index (χ2n) is 4.48. The van der Waals surface area contributed by atoms with Crippen molar-refractivity contribution in [2.24, 2.45) is 5.73 Å². The average molecular weight is 245 g/mol. The van der Waals surface area contributed by atoms with Crippen LogP contribution in [0.15, 0.2) is 36.5 Å². The van der Waals surface area contributed by atoms with Gasteiger partial charge in [0.1, 0.15) is 12.4 Å². The van der Waals surface area contributed by atoms with Gasteiger partial charge in [0, 0.05) is 24.3 Å². The Morgan fingerprint density at radius 2 is 2.06 bits per heavy atom. The second-order valence-corrected chi connectivity index (χ2v) is 4.48. The Labute approximate surface area is 107 Å². The van der Waals surface area contributed by atoms with Gasteiger partial charge in [0.05, 0.1) is 5.69 Å². The Morgan fingerprint density at radius 3 is 2.72 bits per heavy atom. The van der Waals surface area contributed by atoms with E-state index in [0.717, 1.165) is 17.0 Å². The SMILES string of the molecule is CC(C)n1ccc(COc2ccccc2CN)n1. The number of ether oxygens (including phenoxy) is 1. The van der Waals surface area contributed by atoms with Crippen molar-refractivity contribution in [2.75, 3.05) is 0 Å². The van der Waals surface area contributed by atoms with E-state index >= 15 is 0 Å². The van der Waals surface area contributed by atoms with Crippen molar-refractivity contribution in [2.45, 2.75) is 33.0 Å². The molecule has 0 spiro atoms. The largest absolute Gasteiger partial charge is 0.487 e. The Kier molecular flexibility index (Phi) is 3.99. The summed E-state index contributed by atoms with van der Waals surface area (Å²) < 4.78 is 7.68. The van der Waals surface area contributed by atoms with Crippen LogP contribution in [0.4, 0.5) is 0 Å². The molecule has 0 amide bonds. The summed E-state index contributed by atoms with van der Waals surface area (Å²) in [6.45, 7) is 5.15. The van der Waals surface area contributed by atoms with E-state index in [4.69, 9.17) is 10.5 Å². The van der Waals surface area contributed by atoms with Crippen LogP contribution in [0.5, 0.6) is 5.75 Å². The quantitative estimate of drug-likeness (QED) is 0.880. The topological polar surface area (TPSA) is 53.1 Å².